The Morgan fingerprint density at radius 1 is 1.22 bits per heavy atom. The van der Waals surface area contributed by atoms with Gasteiger partial charge in [-0.2, -0.15) is 0 Å². The van der Waals surface area contributed by atoms with Crippen molar-refractivity contribution in [2.24, 2.45) is 0 Å². The van der Waals surface area contributed by atoms with Crippen LogP contribution < -0.4 is 0 Å². The molecule has 23 heavy (non-hydrogen) atoms. The van der Waals surface area contributed by atoms with Crippen molar-refractivity contribution < 1.29 is 9.53 Å². The summed E-state index contributed by atoms with van der Waals surface area (Å²) in [6, 6.07) is 6.01. The molecule has 0 saturated carbocycles. The zero-order chi connectivity index (χ0) is 16.8. The highest BCUT2D eigenvalue weighted by molar-refractivity contribution is 6.42. The van der Waals surface area contributed by atoms with E-state index in [2.05, 4.69) is 6.08 Å². The summed E-state index contributed by atoms with van der Waals surface area (Å²) in [5, 5.41) is 1.12. The lowest BCUT2D eigenvalue weighted by atomic mass is 9.95. The molecule has 2 aliphatic heterocycles. The van der Waals surface area contributed by atoms with Gasteiger partial charge in [0.2, 0.25) is 0 Å². The fraction of sp³-hybridized carbons (Fsp3) is 0.500. The minimum atomic E-state index is -0.468. The summed E-state index contributed by atoms with van der Waals surface area (Å²) in [4.78, 5) is 14.3. The van der Waals surface area contributed by atoms with Gasteiger partial charge in [0, 0.05) is 6.04 Å². The van der Waals surface area contributed by atoms with Crippen molar-refractivity contribution in [3.05, 3.63) is 39.9 Å². The van der Waals surface area contributed by atoms with Crippen LogP contribution in [0, 0.1) is 0 Å². The first-order chi connectivity index (χ1) is 10.7. The van der Waals surface area contributed by atoms with Gasteiger partial charge in [0.1, 0.15) is 5.60 Å². The normalized spacial score (nSPS) is 23.7. The number of hydrogen-bond acceptors (Lipinski definition) is 2. The Balaban J connectivity index is 1.83. The van der Waals surface area contributed by atoms with Gasteiger partial charge in [-0.15, -0.1) is 0 Å². The van der Waals surface area contributed by atoms with E-state index in [1.54, 1.807) is 0 Å². The van der Waals surface area contributed by atoms with E-state index < -0.39 is 5.60 Å². The van der Waals surface area contributed by atoms with Crippen LogP contribution in [0.4, 0.5) is 4.79 Å². The van der Waals surface area contributed by atoms with Gasteiger partial charge < -0.3 is 4.74 Å². The lowest BCUT2D eigenvalue weighted by molar-refractivity contribution is 0.0175. The second-order valence-corrected chi connectivity index (χ2v) is 8.03. The van der Waals surface area contributed by atoms with Gasteiger partial charge in [-0.05, 0) is 63.3 Å². The summed E-state index contributed by atoms with van der Waals surface area (Å²) < 4.78 is 5.55. The molecule has 0 aromatic heterocycles. The predicted molar refractivity (Wildman–Crippen MR) is 93.9 cm³/mol. The maximum Gasteiger partial charge on any atom is 0.411 e. The summed E-state index contributed by atoms with van der Waals surface area (Å²) in [5.41, 5.74) is 1.85. The molecule has 5 heteroatoms. The smallest absolute Gasteiger partial charge is 0.411 e. The van der Waals surface area contributed by atoms with Crippen molar-refractivity contribution in [2.75, 3.05) is 0 Å². The number of fused-ring (bicyclic) bond motifs is 2. The molecule has 0 radical (unpaired) electrons. The Hall–Kier alpha value is -1.19. The number of carbonyl (C=O) groups is 1. The summed E-state index contributed by atoms with van der Waals surface area (Å²) >= 11 is 12.1. The number of rotatable bonds is 1. The molecule has 3 rings (SSSR count). The van der Waals surface area contributed by atoms with E-state index in [4.69, 9.17) is 27.9 Å². The topological polar surface area (TPSA) is 29.5 Å². The lowest BCUT2D eigenvalue weighted by Gasteiger charge is -2.35. The Bertz CT molecular complexity index is 663. The van der Waals surface area contributed by atoms with Gasteiger partial charge in [0.05, 0.1) is 16.1 Å². The van der Waals surface area contributed by atoms with Crippen LogP contribution >= 0.6 is 23.2 Å². The summed E-state index contributed by atoms with van der Waals surface area (Å²) in [6.07, 6.45) is 4.77. The van der Waals surface area contributed by atoms with Crippen molar-refractivity contribution in [1.29, 1.82) is 0 Å². The predicted octanol–water partition coefficient (Wildman–Crippen LogP) is 5.55. The second-order valence-electron chi connectivity index (χ2n) is 7.21. The maximum absolute atomic E-state index is 12.5. The average Bonchev–Trinajstić information content (AvgIpc) is 2.71. The third-order valence-electron chi connectivity index (χ3n) is 4.29. The Morgan fingerprint density at radius 2 is 1.96 bits per heavy atom. The van der Waals surface area contributed by atoms with E-state index >= 15 is 0 Å². The van der Waals surface area contributed by atoms with E-state index in [1.807, 2.05) is 43.9 Å². The Kier molecular flexibility index (Phi) is 4.37. The molecule has 0 aliphatic carbocycles. The molecule has 2 heterocycles. The monoisotopic (exact) mass is 353 g/mol. The summed E-state index contributed by atoms with van der Waals surface area (Å²) in [6.45, 7) is 5.69. The molecule has 2 aliphatic rings. The standard InChI is InChI=1S/C18H21Cl2NO2/c1-18(2,3)23-17(22)21-13-5-6-14(21)9-12(8-13)11-4-7-15(19)16(20)10-11/h4,7-8,10,13-14H,5-6,9H2,1-3H3. The Morgan fingerprint density at radius 3 is 2.57 bits per heavy atom. The zero-order valence-corrected chi connectivity index (χ0v) is 15.1. The van der Waals surface area contributed by atoms with Crippen LogP contribution in [0.1, 0.15) is 45.6 Å². The zero-order valence-electron chi connectivity index (χ0n) is 13.6. The van der Waals surface area contributed by atoms with E-state index in [0.717, 1.165) is 24.8 Å². The number of carbonyl (C=O) groups excluding carboxylic acids is 1. The van der Waals surface area contributed by atoms with Gasteiger partial charge in [0.25, 0.3) is 0 Å². The van der Waals surface area contributed by atoms with Crippen LogP contribution in [0.2, 0.25) is 10.0 Å². The minimum absolute atomic E-state index is 0.105. The van der Waals surface area contributed by atoms with Crippen LogP contribution in [-0.2, 0) is 4.74 Å². The van der Waals surface area contributed by atoms with Crippen molar-refractivity contribution in [3.8, 4) is 0 Å². The first-order valence-corrected chi connectivity index (χ1v) is 8.67. The van der Waals surface area contributed by atoms with Gasteiger partial charge in [-0.1, -0.05) is 35.3 Å². The van der Waals surface area contributed by atoms with Crippen molar-refractivity contribution in [2.45, 2.75) is 57.7 Å². The molecule has 1 amide bonds. The lowest BCUT2D eigenvalue weighted by Crippen LogP contribution is -2.45. The number of amides is 1. The second kappa shape index (κ2) is 6.03. The van der Waals surface area contributed by atoms with E-state index in [0.29, 0.717) is 10.0 Å². The summed E-state index contributed by atoms with van der Waals surface area (Å²) in [7, 11) is 0. The fourth-order valence-corrected chi connectivity index (χ4v) is 3.64. The largest absolute Gasteiger partial charge is 0.444 e. The number of hydrogen-bond donors (Lipinski definition) is 0. The third kappa shape index (κ3) is 3.51. The van der Waals surface area contributed by atoms with Crippen LogP contribution in [0.3, 0.4) is 0 Å². The van der Waals surface area contributed by atoms with Crippen LogP contribution in [0.5, 0.6) is 0 Å². The molecule has 1 saturated heterocycles. The Labute approximate surface area is 147 Å². The third-order valence-corrected chi connectivity index (χ3v) is 5.03. The number of benzene rings is 1. The van der Waals surface area contributed by atoms with Crippen molar-refractivity contribution in [1.82, 2.24) is 4.90 Å². The van der Waals surface area contributed by atoms with E-state index in [-0.39, 0.29) is 18.2 Å². The van der Waals surface area contributed by atoms with Gasteiger partial charge >= 0.3 is 6.09 Å². The van der Waals surface area contributed by atoms with Crippen LogP contribution in [0.15, 0.2) is 24.3 Å². The average molecular weight is 354 g/mol. The quantitative estimate of drug-likeness (QED) is 0.662. The highest BCUT2D eigenvalue weighted by Crippen LogP contribution is 2.40. The molecule has 1 aromatic carbocycles. The summed E-state index contributed by atoms with van der Waals surface area (Å²) in [5.74, 6) is 0. The van der Waals surface area contributed by atoms with Crippen molar-refractivity contribution >= 4 is 34.9 Å². The molecule has 0 N–H and O–H groups in total. The fourth-order valence-electron chi connectivity index (χ4n) is 3.34. The van der Waals surface area contributed by atoms with E-state index in [1.165, 1.54) is 5.57 Å². The van der Waals surface area contributed by atoms with Crippen LogP contribution in [0.25, 0.3) is 5.57 Å². The van der Waals surface area contributed by atoms with Crippen LogP contribution in [-0.4, -0.2) is 28.7 Å². The SMILES string of the molecule is CC(C)(C)OC(=O)N1C2C=C(c3ccc(Cl)c(Cl)c3)CC1CC2. The molecule has 1 fully saturated rings. The molecule has 2 bridgehead atoms. The van der Waals surface area contributed by atoms with Gasteiger partial charge in [0.15, 0.2) is 0 Å². The first kappa shape index (κ1) is 16.7. The molecular weight excluding hydrogens is 333 g/mol. The molecule has 2 unspecified atom stereocenters. The maximum atomic E-state index is 12.5. The minimum Gasteiger partial charge on any atom is -0.444 e. The number of halogens is 2. The molecular formula is C18H21Cl2NO2. The van der Waals surface area contributed by atoms with Crippen molar-refractivity contribution in [3.63, 3.8) is 0 Å². The number of ether oxygens (including phenoxy) is 1. The van der Waals surface area contributed by atoms with Gasteiger partial charge in [-0.3, -0.25) is 4.90 Å². The first-order valence-electron chi connectivity index (χ1n) is 7.92. The molecule has 3 nitrogen and oxygen atoms in total. The highest BCUT2D eigenvalue weighted by atomic mass is 35.5. The number of nitrogens with zero attached hydrogens (tertiary/aromatic N) is 1. The molecule has 0 spiro atoms. The van der Waals surface area contributed by atoms with E-state index in [9.17, 15) is 4.79 Å². The molecule has 2 atom stereocenters. The molecule has 1 aromatic rings. The van der Waals surface area contributed by atoms with Gasteiger partial charge in [-0.25, -0.2) is 4.79 Å². The highest BCUT2D eigenvalue weighted by Gasteiger charge is 2.41. The molecule has 124 valence electrons.